The van der Waals surface area contributed by atoms with Gasteiger partial charge in [0.15, 0.2) is 0 Å². The lowest BCUT2D eigenvalue weighted by molar-refractivity contribution is -0.132. The highest BCUT2D eigenvalue weighted by Crippen LogP contribution is 2.11. The Bertz CT molecular complexity index is 245. The second kappa shape index (κ2) is 8.48. The maximum Gasteiger partial charge on any atom is 0.222 e. The molecule has 4 heteroatoms. The van der Waals surface area contributed by atoms with E-state index in [9.17, 15) is 4.79 Å². The summed E-state index contributed by atoms with van der Waals surface area (Å²) in [6, 6.07) is 0. The van der Waals surface area contributed by atoms with E-state index in [1.165, 1.54) is 0 Å². The van der Waals surface area contributed by atoms with E-state index in [-0.39, 0.29) is 0 Å². The number of carbonyl (C=O) groups is 1. The van der Waals surface area contributed by atoms with E-state index in [0.717, 1.165) is 58.5 Å². The summed E-state index contributed by atoms with van der Waals surface area (Å²) in [6.07, 6.45) is 3.94. The zero-order valence-corrected chi connectivity index (χ0v) is 12.0. The Kier molecular flexibility index (Phi) is 7.28. The molecule has 0 bridgehead atoms. The van der Waals surface area contributed by atoms with E-state index in [1.807, 2.05) is 0 Å². The maximum atomic E-state index is 12.1. The third-order valence-electron chi connectivity index (χ3n) is 3.84. The van der Waals surface area contributed by atoms with Crippen LogP contribution in [0.4, 0.5) is 0 Å². The van der Waals surface area contributed by atoms with Gasteiger partial charge in [0.1, 0.15) is 0 Å². The highest BCUT2D eigenvalue weighted by Gasteiger charge is 2.19. The van der Waals surface area contributed by atoms with Crippen molar-refractivity contribution in [3.63, 3.8) is 0 Å². The van der Waals surface area contributed by atoms with Crippen LogP contribution in [0.3, 0.4) is 0 Å². The van der Waals surface area contributed by atoms with Gasteiger partial charge in [-0.3, -0.25) is 4.79 Å². The minimum Gasteiger partial charge on any atom is -0.341 e. The predicted molar refractivity (Wildman–Crippen MR) is 75.4 cm³/mol. The van der Waals surface area contributed by atoms with Gasteiger partial charge in [-0.2, -0.15) is 0 Å². The molecule has 1 rings (SSSR count). The molecule has 106 valence electrons. The Hall–Kier alpha value is -0.610. The summed E-state index contributed by atoms with van der Waals surface area (Å²) in [7, 11) is 0. The molecule has 0 aromatic rings. The van der Waals surface area contributed by atoms with Crippen molar-refractivity contribution >= 4 is 5.91 Å². The van der Waals surface area contributed by atoms with Gasteiger partial charge < -0.3 is 15.5 Å². The van der Waals surface area contributed by atoms with Crippen molar-refractivity contribution in [2.45, 2.75) is 39.5 Å². The highest BCUT2D eigenvalue weighted by atomic mass is 16.2. The van der Waals surface area contributed by atoms with Crippen LogP contribution in [0.1, 0.15) is 39.5 Å². The zero-order chi connectivity index (χ0) is 13.4. The first-order chi connectivity index (χ1) is 8.67. The van der Waals surface area contributed by atoms with Gasteiger partial charge in [0, 0.05) is 26.1 Å². The van der Waals surface area contributed by atoms with Gasteiger partial charge in [0.2, 0.25) is 5.91 Å². The molecular weight excluding hydrogens is 226 g/mol. The average Bonchev–Trinajstić information content (AvgIpc) is 2.61. The number of rotatable bonds is 6. The van der Waals surface area contributed by atoms with E-state index in [2.05, 4.69) is 23.6 Å². The van der Waals surface area contributed by atoms with Gasteiger partial charge in [-0.1, -0.05) is 20.3 Å². The SMILES string of the molecule is CCC(C)CC(=O)N1CCCN(CCCN)CC1. The molecule has 0 radical (unpaired) electrons. The zero-order valence-electron chi connectivity index (χ0n) is 12.0. The molecule has 0 aromatic heterocycles. The smallest absolute Gasteiger partial charge is 0.222 e. The van der Waals surface area contributed by atoms with Crippen molar-refractivity contribution in [2.75, 3.05) is 39.3 Å². The number of nitrogens with zero attached hydrogens (tertiary/aromatic N) is 2. The van der Waals surface area contributed by atoms with E-state index >= 15 is 0 Å². The molecule has 0 saturated carbocycles. The van der Waals surface area contributed by atoms with Crippen molar-refractivity contribution < 1.29 is 4.79 Å². The topological polar surface area (TPSA) is 49.6 Å². The van der Waals surface area contributed by atoms with E-state index in [0.29, 0.717) is 18.2 Å². The third kappa shape index (κ3) is 5.36. The first-order valence-electron chi connectivity index (χ1n) is 7.37. The minimum absolute atomic E-state index is 0.338. The Morgan fingerprint density at radius 3 is 2.72 bits per heavy atom. The molecule has 4 nitrogen and oxygen atoms in total. The Morgan fingerprint density at radius 1 is 1.28 bits per heavy atom. The van der Waals surface area contributed by atoms with Gasteiger partial charge in [-0.25, -0.2) is 0 Å². The molecule has 1 aliphatic heterocycles. The van der Waals surface area contributed by atoms with Crippen molar-refractivity contribution in [2.24, 2.45) is 11.7 Å². The summed E-state index contributed by atoms with van der Waals surface area (Å²) < 4.78 is 0. The first-order valence-corrected chi connectivity index (χ1v) is 7.37. The molecule has 1 heterocycles. The number of carbonyl (C=O) groups excluding carboxylic acids is 1. The maximum absolute atomic E-state index is 12.1. The fourth-order valence-corrected chi connectivity index (χ4v) is 2.33. The van der Waals surface area contributed by atoms with Crippen LogP contribution in [0.2, 0.25) is 0 Å². The summed E-state index contributed by atoms with van der Waals surface area (Å²) in [6.45, 7) is 10.1. The van der Waals surface area contributed by atoms with E-state index in [4.69, 9.17) is 5.73 Å². The minimum atomic E-state index is 0.338. The molecule has 1 amide bonds. The van der Waals surface area contributed by atoms with Crippen molar-refractivity contribution in [1.82, 2.24) is 9.80 Å². The van der Waals surface area contributed by atoms with Crippen LogP contribution in [-0.4, -0.2) is 55.0 Å². The molecule has 0 spiro atoms. The van der Waals surface area contributed by atoms with Crippen LogP contribution in [-0.2, 0) is 4.79 Å². The van der Waals surface area contributed by atoms with Crippen LogP contribution in [0.5, 0.6) is 0 Å². The van der Waals surface area contributed by atoms with Gasteiger partial charge in [-0.15, -0.1) is 0 Å². The molecule has 0 aromatic carbocycles. The van der Waals surface area contributed by atoms with Crippen LogP contribution < -0.4 is 5.73 Å². The Labute approximate surface area is 111 Å². The molecule has 1 atom stereocenters. The number of amides is 1. The number of nitrogens with two attached hydrogens (primary N) is 1. The summed E-state index contributed by atoms with van der Waals surface area (Å²) in [4.78, 5) is 16.6. The Morgan fingerprint density at radius 2 is 2.06 bits per heavy atom. The van der Waals surface area contributed by atoms with E-state index in [1.54, 1.807) is 0 Å². The van der Waals surface area contributed by atoms with Crippen LogP contribution in [0.15, 0.2) is 0 Å². The lowest BCUT2D eigenvalue weighted by atomic mass is 10.0. The number of hydrogen-bond donors (Lipinski definition) is 1. The van der Waals surface area contributed by atoms with Gasteiger partial charge in [0.05, 0.1) is 0 Å². The van der Waals surface area contributed by atoms with Crippen molar-refractivity contribution in [3.8, 4) is 0 Å². The molecule has 18 heavy (non-hydrogen) atoms. The lowest BCUT2D eigenvalue weighted by Crippen LogP contribution is -2.36. The molecule has 1 fully saturated rings. The normalized spacial score (nSPS) is 19.6. The fourth-order valence-electron chi connectivity index (χ4n) is 2.33. The monoisotopic (exact) mass is 255 g/mol. The molecular formula is C14H29N3O. The van der Waals surface area contributed by atoms with Gasteiger partial charge in [0.25, 0.3) is 0 Å². The molecule has 1 saturated heterocycles. The quantitative estimate of drug-likeness (QED) is 0.778. The Balaban J connectivity index is 2.34. The summed E-state index contributed by atoms with van der Waals surface area (Å²) >= 11 is 0. The molecule has 2 N–H and O–H groups in total. The van der Waals surface area contributed by atoms with E-state index < -0.39 is 0 Å². The van der Waals surface area contributed by atoms with Crippen LogP contribution in [0, 0.1) is 5.92 Å². The average molecular weight is 255 g/mol. The standard InChI is InChI=1S/C14H29N3O/c1-3-13(2)12-14(18)17-9-5-8-16(10-11-17)7-4-6-15/h13H,3-12,15H2,1-2H3. The van der Waals surface area contributed by atoms with Crippen molar-refractivity contribution in [3.05, 3.63) is 0 Å². The largest absolute Gasteiger partial charge is 0.341 e. The predicted octanol–water partition coefficient (Wildman–Crippen LogP) is 1.31. The summed E-state index contributed by atoms with van der Waals surface area (Å²) in [5.41, 5.74) is 5.54. The fraction of sp³-hybridized carbons (Fsp3) is 0.929. The second-order valence-corrected chi connectivity index (χ2v) is 5.44. The highest BCUT2D eigenvalue weighted by molar-refractivity contribution is 5.76. The summed E-state index contributed by atoms with van der Waals surface area (Å²) in [5, 5.41) is 0. The molecule has 1 aliphatic rings. The lowest BCUT2D eigenvalue weighted by Gasteiger charge is -2.23. The second-order valence-electron chi connectivity index (χ2n) is 5.44. The van der Waals surface area contributed by atoms with Gasteiger partial charge in [-0.05, 0) is 38.4 Å². The summed E-state index contributed by atoms with van der Waals surface area (Å²) in [5.74, 6) is 0.846. The third-order valence-corrected chi connectivity index (χ3v) is 3.84. The number of hydrogen-bond acceptors (Lipinski definition) is 3. The van der Waals surface area contributed by atoms with Crippen LogP contribution >= 0.6 is 0 Å². The molecule has 1 unspecified atom stereocenters. The first kappa shape index (κ1) is 15.4. The van der Waals surface area contributed by atoms with Gasteiger partial charge >= 0.3 is 0 Å². The van der Waals surface area contributed by atoms with Crippen LogP contribution in [0.25, 0.3) is 0 Å². The van der Waals surface area contributed by atoms with Crippen molar-refractivity contribution in [1.29, 1.82) is 0 Å². The molecule has 0 aliphatic carbocycles.